The van der Waals surface area contributed by atoms with Gasteiger partial charge in [-0.3, -0.25) is 0 Å². The Labute approximate surface area is 74.6 Å². The first-order valence-corrected chi connectivity index (χ1v) is 4.29. The van der Waals surface area contributed by atoms with Crippen LogP contribution in [0, 0.1) is 11.3 Å². The maximum atomic E-state index is 9.67. The minimum Gasteiger partial charge on any atom is -0.389 e. The average Bonchev–Trinajstić information content (AvgIpc) is 2.00. The van der Waals surface area contributed by atoms with E-state index in [0.29, 0.717) is 13.0 Å². The Morgan fingerprint density at radius 3 is 2.58 bits per heavy atom. The summed E-state index contributed by atoms with van der Waals surface area (Å²) in [5.74, 6) is 0. The molecule has 0 saturated carbocycles. The smallest absolute Gasteiger partial charge is 0.0743 e. The topological polar surface area (TPSA) is 47.3 Å². The molecule has 1 unspecified atom stereocenters. The number of likely N-dealkylation sites (N-methyl/N-ethyl adjacent to an activating group) is 1. The van der Waals surface area contributed by atoms with E-state index < -0.39 is 5.60 Å². The maximum Gasteiger partial charge on any atom is 0.0743 e. The predicted octanol–water partition coefficient (Wildman–Crippen LogP) is 0.993. The van der Waals surface area contributed by atoms with E-state index in [9.17, 15) is 5.11 Å². The minimum absolute atomic E-state index is 0.524. The monoisotopic (exact) mass is 170 g/mol. The van der Waals surface area contributed by atoms with Crippen LogP contribution in [0.5, 0.6) is 0 Å². The quantitative estimate of drug-likeness (QED) is 0.669. The number of hydrogen-bond acceptors (Lipinski definition) is 3. The van der Waals surface area contributed by atoms with Gasteiger partial charge in [-0.1, -0.05) is 6.92 Å². The molecular formula is C9H18N2O. The highest BCUT2D eigenvalue weighted by atomic mass is 16.3. The van der Waals surface area contributed by atoms with Crippen molar-refractivity contribution in [1.82, 2.24) is 4.90 Å². The van der Waals surface area contributed by atoms with Crippen LogP contribution in [0.4, 0.5) is 0 Å². The van der Waals surface area contributed by atoms with E-state index in [0.717, 1.165) is 13.0 Å². The summed E-state index contributed by atoms with van der Waals surface area (Å²) in [6, 6.07) is 2.08. The van der Waals surface area contributed by atoms with Gasteiger partial charge in [-0.25, -0.2) is 0 Å². The van der Waals surface area contributed by atoms with E-state index in [2.05, 4.69) is 6.07 Å². The highest BCUT2D eigenvalue weighted by Crippen LogP contribution is 2.09. The number of hydrogen-bond donors (Lipinski definition) is 1. The van der Waals surface area contributed by atoms with Crippen LogP contribution in [0.3, 0.4) is 0 Å². The van der Waals surface area contributed by atoms with Crippen LogP contribution in [-0.4, -0.2) is 35.7 Å². The van der Waals surface area contributed by atoms with Crippen LogP contribution in [0.1, 0.15) is 26.7 Å². The summed E-state index contributed by atoms with van der Waals surface area (Å²) in [5, 5.41) is 18.0. The van der Waals surface area contributed by atoms with Crippen molar-refractivity contribution in [1.29, 1.82) is 5.26 Å². The van der Waals surface area contributed by atoms with E-state index >= 15 is 0 Å². The molecule has 1 atom stereocenters. The van der Waals surface area contributed by atoms with E-state index in [1.165, 1.54) is 0 Å². The zero-order valence-corrected chi connectivity index (χ0v) is 8.17. The van der Waals surface area contributed by atoms with Gasteiger partial charge in [0.25, 0.3) is 0 Å². The summed E-state index contributed by atoms with van der Waals surface area (Å²) in [5.41, 5.74) is -0.621. The van der Waals surface area contributed by atoms with E-state index in [4.69, 9.17) is 5.26 Å². The molecule has 70 valence electrons. The summed E-state index contributed by atoms with van der Waals surface area (Å²) < 4.78 is 0. The first-order chi connectivity index (χ1) is 5.52. The Kier molecular flexibility index (Phi) is 4.87. The molecule has 0 aromatic rings. The lowest BCUT2D eigenvalue weighted by atomic mass is 10.0. The second kappa shape index (κ2) is 5.13. The summed E-state index contributed by atoms with van der Waals surface area (Å²) in [6.45, 7) is 5.13. The maximum absolute atomic E-state index is 9.67. The molecule has 0 aromatic heterocycles. The molecule has 0 rings (SSSR count). The Bertz CT molecular complexity index is 160. The number of rotatable bonds is 5. The molecule has 3 heteroatoms. The number of nitrogens with zero attached hydrogens (tertiary/aromatic N) is 2. The molecule has 0 spiro atoms. The molecule has 0 aliphatic heterocycles. The van der Waals surface area contributed by atoms with Gasteiger partial charge in [-0.05, 0) is 20.4 Å². The van der Waals surface area contributed by atoms with Crippen molar-refractivity contribution in [3.05, 3.63) is 0 Å². The third-order valence-electron chi connectivity index (χ3n) is 1.98. The summed E-state index contributed by atoms with van der Waals surface area (Å²) in [7, 11) is 1.92. The van der Waals surface area contributed by atoms with Gasteiger partial charge in [0.05, 0.1) is 11.7 Å². The van der Waals surface area contributed by atoms with Crippen molar-refractivity contribution < 1.29 is 5.11 Å². The minimum atomic E-state index is -0.621. The van der Waals surface area contributed by atoms with Crippen LogP contribution < -0.4 is 0 Å². The van der Waals surface area contributed by atoms with Gasteiger partial charge in [0.2, 0.25) is 0 Å². The summed E-state index contributed by atoms with van der Waals surface area (Å²) >= 11 is 0. The third-order valence-corrected chi connectivity index (χ3v) is 1.98. The largest absolute Gasteiger partial charge is 0.389 e. The lowest BCUT2D eigenvalue weighted by Gasteiger charge is -2.27. The second-order valence-corrected chi connectivity index (χ2v) is 3.50. The van der Waals surface area contributed by atoms with Crippen molar-refractivity contribution >= 4 is 0 Å². The Hall–Kier alpha value is -0.590. The number of nitriles is 1. The molecule has 0 aromatic carbocycles. The molecule has 1 N–H and O–H groups in total. The van der Waals surface area contributed by atoms with Crippen molar-refractivity contribution in [2.75, 3.05) is 20.1 Å². The molecule has 0 aliphatic carbocycles. The van der Waals surface area contributed by atoms with Gasteiger partial charge in [0.15, 0.2) is 0 Å². The fourth-order valence-electron chi connectivity index (χ4n) is 1.01. The average molecular weight is 170 g/mol. The lowest BCUT2D eigenvalue weighted by molar-refractivity contribution is 0.0243. The molecule has 0 saturated heterocycles. The fraction of sp³-hybridized carbons (Fsp3) is 0.889. The standard InChI is InChI=1S/C9H18N2O/c1-4-9(2,12)8-11(3)7-5-6-10/h12H,4-5,7-8H2,1-3H3. The Balaban J connectivity index is 3.69. The van der Waals surface area contributed by atoms with Gasteiger partial charge in [-0.15, -0.1) is 0 Å². The van der Waals surface area contributed by atoms with Crippen molar-refractivity contribution in [3.8, 4) is 6.07 Å². The van der Waals surface area contributed by atoms with Gasteiger partial charge < -0.3 is 10.0 Å². The van der Waals surface area contributed by atoms with E-state index in [1.807, 2.05) is 25.8 Å². The van der Waals surface area contributed by atoms with Crippen LogP contribution in [0.25, 0.3) is 0 Å². The molecule has 0 heterocycles. The van der Waals surface area contributed by atoms with Gasteiger partial charge in [0, 0.05) is 19.5 Å². The van der Waals surface area contributed by atoms with Gasteiger partial charge in [-0.2, -0.15) is 5.26 Å². The van der Waals surface area contributed by atoms with E-state index in [-0.39, 0.29) is 0 Å². The van der Waals surface area contributed by atoms with Crippen molar-refractivity contribution in [2.24, 2.45) is 0 Å². The Morgan fingerprint density at radius 2 is 2.17 bits per heavy atom. The van der Waals surface area contributed by atoms with Crippen LogP contribution in [-0.2, 0) is 0 Å². The zero-order chi connectivity index (χ0) is 9.61. The highest BCUT2D eigenvalue weighted by Gasteiger charge is 2.19. The normalized spacial score (nSPS) is 15.7. The predicted molar refractivity (Wildman–Crippen MR) is 48.6 cm³/mol. The molecule has 0 fully saturated rings. The lowest BCUT2D eigenvalue weighted by Crippen LogP contribution is -2.38. The van der Waals surface area contributed by atoms with Crippen molar-refractivity contribution in [2.45, 2.75) is 32.3 Å². The van der Waals surface area contributed by atoms with E-state index in [1.54, 1.807) is 0 Å². The molecule has 0 bridgehead atoms. The first-order valence-electron chi connectivity index (χ1n) is 4.29. The molecule has 0 radical (unpaired) electrons. The van der Waals surface area contributed by atoms with Gasteiger partial charge >= 0.3 is 0 Å². The van der Waals surface area contributed by atoms with Crippen LogP contribution in [0.2, 0.25) is 0 Å². The molecule has 12 heavy (non-hydrogen) atoms. The SMILES string of the molecule is CCC(C)(O)CN(C)CCC#N. The molecule has 0 amide bonds. The molecule has 3 nitrogen and oxygen atoms in total. The van der Waals surface area contributed by atoms with Crippen LogP contribution >= 0.6 is 0 Å². The third kappa shape index (κ3) is 5.11. The fourth-order valence-corrected chi connectivity index (χ4v) is 1.01. The zero-order valence-electron chi connectivity index (χ0n) is 8.17. The summed E-state index contributed by atoms with van der Waals surface area (Å²) in [6.07, 6.45) is 1.26. The first kappa shape index (κ1) is 11.4. The summed E-state index contributed by atoms with van der Waals surface area (Å²) in [4.78, 5) is 1.98. The number of aliphatic hydroxyl groups is 1. The Morgan fingerprint density at radius 1 is 1.58 bits per heavy atom. The van der Waals surface area contributed by atoms with Crippen LogP contribution in [0.15, 0.2) is 0 Å². The van der Waals surface area contributed by atoms with Gasteiger partial charge in [0.1, 0.15) is 0 Å². The second-order valence-electron chi connectivity index (χ2n) is 3.50. The van der Waals surface area contributed by atoms with Crippen molar-refractivity contribution in [3.63, 3.8) is 0 Å². The molecular weight excluding hydrogens is 152 g/mol. The highest BCUT2D eigenvalue weighted by molar-refractivity contribution is 4.77. The molecule has 0 aliphatic rings.